The molecule has 0 radical (unpaired) electrons. The minimum atomic E-state index is 0.530. The summed E-state index contributed by atoms with van der Waals surface area (Å²) < 4.78 is 0. The molecule has 162 valence electrons. The van der Waals surface area contributed by atoms with Crippen molar-refractivity contribution in [3.05, 3.63) is 35.9 Å². The van der Waals surface area contributed by atoms with Gasteiger partial charge in [0.05, 0.1) is 0 Å². The Morgan fingerprint density at radius 2 is 1.83 bits per heavy atom. The van der Waals surface area contributed by atoms with E-state index in [1.54, 1.807) is 0 Å². The Kier molecular flexibility index (Phi) is 9.29. The molecular weight excluding hydrogens is 358 g/mol. The van der Waals surface area contributed by atoms with Crippen LogP contribution < -0.4 is 10.6 Å². The van der Waals surface area contributed by atoms with Gasteiger partial charge in [-0.15, -0.1) is 0 Å². The summed E-state index contributed by atoms with van der Waals surface area (Å²) in [6, 6.07) is 12.1. The van der Waals surface area contributed by atoms with Gasteiger partial charge in [-0.1, -0.05) is 36.8 Å². The van der Waals surface area contributed by atoms with Crippen LogP contribution in [0.25, 0.3) is 0 Å². The maximum Gasteiger partial charge on any atom is 0.191 e. The second kappa shape index (κ2) is 12.2. The summed E-state index contributed by atoms with van der Waals surface area (Å²) in [5, 5.41) is 7.16. The standard InChI is InChI=1S/C24H41N5/c1-21-10-6-8-16-29(21)17-9-7-15-26-24(25-2)27-23-13-18-28(19-14-23)20-22-11-4-3-5-12-22/h3-5,11-12,21,23H,6-10,13-20H2,1-2H3,(H2,25,26,27). The van der Waals surface area contributed by atoms with Gasteiger partial charge in [-0.05, 0) is 64.1 Å². The van der Waals surface area contributed by atoms with Crippen molar-refractivity contribution in [1.29, 1.82) is 0 Å². The Morgan fingerprint density at radius 1 is 1.03 bits per heavy atom. The first-order chi connectivity index (χ1) is 14.2. The average Bonchev–Trinajstić information content (AvgIpc) is 2.76. The molecule has 0 aromatic heterocycles. The quantitative estimate of drug-likeness (QED) is 0.399. The van der Waals surface area contributed by atoms with Crippen molar-refractivity contribution in [1.82, 2.24) is 20.4 Å². The highest BCUT2D eigenvalue weighted by molar-refractivity contribution is 5.79. The van der Waals surface area contributed by atoms with Gasteiger partial charge in [-0.3, -0.25) is 9.89 Å². The number of nitrogens with zero attached hydrogens (tertiary/aromatic N) is 3. The molecule has 2 N–H and O–H groups in total. The Hall–Kier alpha value is -1.59. The van der Waals surface area contributed by atoms with E-state index in [-0.39, 0.29) is 0 Å². The molecule has 5 nitrogen and oxygen atoms in total. The largest absolute Gasteiger partial charge is 0.356 e. The highest BCUT2D eigenvalue weighted by Gasteiger charge is 2.20. The zero-order chi connectivity index (χ0) is 20.3. The van der Waals surface area contributed by atoms with Crippen LogP contribution in [0, 0.1) is 0 Å². The van der Waals surface area contributed by atoms with Crippen LogP contribution in [0.5, 0.6) is 0 Å². The number of unbranched alkanes of at least 4 members (excludes halogenated alkanes) is 1. The lowest BCUT2D eigenvalue weighted by molar-refractivity contribution is 0.158. The predicted octanol–water partition coefficient (Wildman–Crippen LogP) is 3.47. The number of benzene rings is 1. The van der Waals surface area contributed by atoms with Crippen molar-refractivity contribution in [2.24, 2.45) is 4.99 Å². The molecule has 1 atom stereocenters. The summed E-state index contributed by atoms with van der Waals surface area (Å²) in [4.78, 5) is 9.67. The number of nitrogens with one attached hydrogen (secondary N) is 2. The first-order valence-corrected chi connectivity index (χ1v) is 11.7. The third-order valence-corrected chi connectivity index (χ3v) is 6.51. The van der Waals surface area contributed by atoms with E-state index in [2.05, 4.69) is 62.7 Å². The zero-order valence-electron chi connectivity index (χ0n) is 18.6. The molecule has 2 aliphatic heterocycles. The lowest BCUT2D eigenvalue weighted by Crippen LogP contribution is -2.48. The van der Waals surface area contributed by atoms with Gasteiger partial charge in [0.15, 0.2) is 5.96 Å². The molecule has 2 fully saturated rings. The fourth-order valence-electron chi connectivity index (χ4n) is 4.60. The SMILES string of the molecule is CN=C(NCCCCN1CCCCC1C)NC1CCN(Cc2ccccc2)CC1. The van der Waals surface area contributed by atoms with Gasteiger partial charge in [0.25, 0.3) is 0 Å². The number of likely N-dealkylation sites (tertiary alicyclic amines) is 2. The van der Waals surface area contributed by atoms with Gasteiger partial charge in [0.1, 0.15) is 0 Å². The average molecular weight is 400 g/mol. The molecule has 1 aromatic carbocycles. The fraction of sp³-hybridized carbons (Fsp3) is 0.708. The van der Waals surface area contributed by atoms with Crippen LogP contribution in [0.2, 0.25) is 0 Å². The molecule has 5 heteroatoms. The normalized spacial score (nSPS) is 22.6. The summed E-state index contributed by atoms with van der Waals surface area (Å²) in [7, 11) is 1.88. The summed E-state index contributed by atoms with van der Waals surface area (Å²) >= 11 is 0. The second-order valence-corrected chi connectivity index (χ2v) is 8.77. The highest BCUT2D eigenvalue weighted by atomic mass is 15.2. The van der Waals surface area contributed by atoms with Crippen LogP contribution >= 0.6 is 0 Å². The molecule has 1 unspecified atom stereocenters. The Morgan fingerprint density at radius 3 is 2.55 bits per heavy atom. The highest BCUT2D eigenvalue weighted by Crippen LogP contribution is 2.16. The molecule has 0 amide bonds. The van der Waals surface area contributed by atoms with Crippen molar-refractivity contribution in [3.63, 3.8) is 0 Å². The molecule has 3 rings (SSSR count). The van der Waals surface area contributed by atoms with Crippen LogP contribution in [0.15, 0.2) is 35.3 Å². The number of hydrogen-bond donors (Lipinski definition) is 2. The molecule has 1 aromatic rings. The van der Waals surface area contributed by atoms with E-state index in [4.69, 9.17) is 0 Å². The van der Waals surface area contributed by atoms with Gasteiger partial charge >= 0.3 is 0 Å². The maximum absolute atomic E-state index is 4.44. The molecular formula is C24H41N5. The monoisotopic (exact) mass is 399 g/mol. The Bertz CT molecular complexity index is 595. The fourth-order valence-corrected chi connectivity index (χ4v) is 4.60. The first-order valence-electron chi connectivity index (χ1n) is 11.7. The summed E-state index contributed by atoms with van der Waals surface area (Å²) in [5.74, 6) is 0.970. The number of hydrogen-bond acceptors (Lipinski definition) is 3. The van der Waals surface area contributed by atoms with Crippen LogP contribution in [-0.4, -0.2) is 67.6 Å². The third-order valence-electron chi connectivity index (χ3n) is 6.51. The van der Waals surface area contributed by atoms with E-state index in [9.17, 15) is 0 Å². The lowest BCUT2D eigenvalue weighted by Gasteiger charge is -2.33. The Balaban J connectivity index is 1.27. The third kappa shape index (κ3) is 7.63. The minimum Gasteiger partial charge on any atom is -0.356 e. The van der Waals surface area contributed by atoms with Crippen molar-refractivity contribution in [2.45, 2.75) is 70.5 Å². The summed E-state index contributed by atoms with van der Waals surface area (Å²) in [5.41, 5.74) is 1.41. The van der Waals surface area contributed by atoms with Crippen LogP contribution in [0.4, 0.5) is 0 Å². The zero-order valence-corrected chi connectivity index (χ0v) is 18.6. The molecule has 0 bridgehead atoms. The molecule has 2 aliphatic rings. The number of aliphatic imine (C=N–C) groups is 1. The van der Waals surface area contributed by atoms with E-state index < -0.39 is 0 Å². The van der Waals surface area contributed by atoms with E-state index in [1.807, 2.05) is 7.05 Å². The molecule has 0 aliphatic carbocycles. The van der Waals surface area contributed by atoms with Gasteiger partial charge in [-0.2, -0.15) is 0 Å². The Labute approximate surface area is 178 Å². The molecule has 29 heavy (non-hydrogen) atoms. The molecule has 0 spiro atoms. The topological polar surface area (TPSA) is 42.9 Å². The smallest absolute Gasteiger partial charge is 0.191 e. The summed E-state index contributed by atoms with van der Waals surface area (Å²) in [6.45, 7) is 9.30. The second-order valence-electron chi connectivity index (χ2n) is 8.77. The van der Waals surface area contributed by atoms with Gasteiger partial charge in [-0.25, -0.2) is 0 Å². The molecule has 2 saturated heterocycles. The molecule has 2 heterocycles. The van der Waals surface area contributed by atoms with E-state index in [0.29, 0.717) is 6.04 Å². The van der Waals surface area contributed by atoms with Crippen molar-refractivity contribution in [3.8, 4) is 0 Å². The number of rotatable bonds is 8. The number of guanidine groups is 1. The van der Waals surface area contributed by atoms with E-state index in [0.717, 1.165) is 38.2 Å². The van der Waals surface area contributed by atoms with Crippen LogP contribution in [0.1, 0.15) is 57.4 Å². The minimum absolute atomic E-state index is 0.530. The van der Waals surface area contributed by atoms with Crippen LogP contribution in [-0.2, 0) is 6.54 Å². The van der Waals surface area contributed by atoms with Crippen molar-refractivity contribution >= 4 is 5.96 Å². The van der Waals surface area contributed by atoms with E-state index in [1.165, 1.54) is 63.6 Å². The first kappa shape index (κ1) is 22.1. The van der Waals surface area contributed by atoms with Crippen molar-refractivity contribution < 1.29 is 0 Å². The van der Waals surface area contributed by atoms with Crippen LogP contribution in [0.3, 0.4) is 0 Å². The van der Waals surface area contributed by atoms with Gasteiger partial charge < -0.3 is 15.5 Å². The lowest BCUT2D eigenvalue weighted by atomic mass is 10.0. The predicted molar refractivity (Wildman–Crippen MR) is 123 cm³/mol. The maximum atomic E-state index is 4.44. The number of piperidine rings is 2. The van der Waals surface area contributed by atoms with E-state index >= 15 is 0 Å². The van der Waals surface area contributed by atoms with Gasteiger partial charge in [0.2, 0.25) is 0 Å². The summed E-state index contributed by atoms with van der Waals surface area (Å²) in [6.07, 6.45) is 9.00. The molecule has 0 saturated carbocycles. The van der Waals surface area contributed by atoms with Crippen molar-refractivity contribution in [2.75, 3.05) is 39.8 Å². The van der Waals surface area contributed by atoms with Gasteiger partial charge in [0, 0.05) is 45.3 Å².